The van der Waals surface area contributed by atoms with E-state index in [1.807, 2.05) is 20.8 Å². The third kappa shape index (κ3) is 4.69. The Morgan fingerprint density at radius 3 is 2.57 bits per heavy atom. The van der Waals surface area contributed by atoms with Crippen molar-refractivity contribution < 1.29 is 27.6 Å². The largest absolute Gasteiger partial charge is 0.416 e. The molecule has 0 saturated carbocycles. The highest BCUT2D eigenvalue weighted by molar-refractivity contribution is 6.54. The van der Waals surface area contributed by atoms with Gasteiger partial charge in [0.15, 0.2) is 5.71 Å². The van der Waals surface area contributed by atoms with Crippen molar-refractivity contribution in [1.29, 1.82) is 0 Å². The zero-order valence-corrected chi connectivity index (χ0v) is 16.8. The Bertz CT molecular complexity index is 1010. The molecule has 2 aromatic carbocycles. The number of carbonyl (C=O) groups excluding carboxylic acids is 2. The highest BCUT2D eigenvalue weighted by atomic mass is 19.4. The molecule has 1 aliphatic heterocycles. The van der Waals surface area contributed by atoms with Crippen molar-refractivity contribution in [2.45, 2.75) is 39.9 Å². The predicted molar refractivity (Wildman–Crippen MR) is 106 cm³/mol. The van der Waals surface area contributed by atoms with Gasteiger partial charge in [0.05, 0.1) is 24.2 Å². The minimum atomic E-state index is -4.47. The third-order valence-corrected chi connectivity index (χ3v) is 4.55. The van der Waals surface area contributed by atoms with Gasteiger partial charge in [-0.05, 0) is 42.7 Å². The molecule has 5 nitrogen and oxygen atoms in total. The average Bonchev–Trinajstić information content (AvgIpc) is 2.90. The second kappa shape index (κ2) is 8.30. The molecule has 0 aliphatic carbocycles. The number of anilines is 1. The van der Waals surface area contributed by atoms with Crippen LogP contribution in [0.25, 0.3) is 0 Å². The first kappa shape index (κ1) is 21.5. The molecule has 0 saturated heterocycles. The summed E-state index contributed by atoms with van der Waals surface area (Å²) < 4.78 is 39.1. The lowest BCUT2D eigenvalue weighted by molar-refractivity contribution is -0.144. The molecule has 0 unspecified atom stereocenters. The maximum atomic E-state index is 13.0. The SMILES string of the molecule is Cc1ccc2c(c1)/C(=N\OC(=O)CC(C)C)C(=O)N2Cc1cccc(C(F)(F)F)c1. The molecule has 1 heterocycles. The molecule has 2 aromatic rings. The lowest BCUT2D eigenvalue weighted by Crippen LogP contribution is -2.30. The summed E-state index contributed by atoms with van der Waals surface area (Å²) in [6.07, 6.45) is -4.32. The van der Waals surface area contributed by atoms with Crippen molar-refractivity contribution in [2.24, 2.45) is 11.1 Å². The fourth-order valence-electron chi connectivity index (χ4n) is 3.17. The van der Waals surface area contributed by atoms with Crippen LogP contribution in [0.3, 0.4) is 0 Å². The molecule has 0 atom stereocenters. The molecule has 1 aliphatic rings. The topological polar surface area (TPSA) is 59.0 Å². The van der Waals surface area contributed by atoms with Crippen LogP contribution in [-0.4, -0.2) is 17.6 Å². The van der Waals surface area contributed by atoms with E-state index in [4.69, 9.17) is 4.84 Å². The van der Waals surface area contributed by atoms with E-state index < -0.39 is 23.6 Å². The van der Waals surface area contributed by atoms with Crippen LogP contribution >= 0.6 is 0 Å². The second-order valence-corrected chi connectivity index (χ2v) is 7.61. The Morgan fingerprint density at radius 2 is 1.90 bits per heavy atom. The second-order valence-electron chi connectivity index (χ2n) is 7.61. The molecule has 158 valence electrons. The van der Waals surface area contributed by atoms with Crippen molar-refractivity contribution in [3.63, 3.8) is 0 Å². The predicted octanol–water partition coefficient (Wildman–Crippen LogP) is 4.85. The summed E-state index contributed by atoms with van der Waals surface area (Å²) in [6.45, 7) is 5.47. The minimum absolute atomic E-state index is 0.0437. The summed E-state index contributed by atoms with van der Waals surface area (Å²) >= 11 is 0. The number of hydrogen-bond acceptors (Lipinski definition) is 4. The van der Waals surface area contributed by atoms with Gasteiger partial charge in [-0.15, -0.1) is 0 Å². The highest BCUT2D eigenvalue weighted by Crippen LogP contribution is 2.33. The zero-order valence-electron chi connectivity index (χ0n) is 16.8. The van der Waals surface area contributed by atoms with Crippen LogP contribution in [0.5, 0.6) is 0 Å². The van der Waals surface area contributed by atoms with Crippen LogP contribution in [0.1, 0.15) is 42.5 Å². The van der Waals surface area contributed by atoms with Gasteiger partial charge in [-0.25, -0.2) is 4.79 Å². The van der Waals surface area contributed by atoms with E-state index in [1.165, 1.54) is 17.0 Å². The first-order valence-electron chi connectivity index (χ1n) is 9.43. The van der Waals surface area contributed by atoms with Gasteiger partial charge in [0.1, 0.15) is 0 Å². The summed E-state index contributed by atoms with van der Waals surface area (Å²) in [7, 11) is 0. The number of nitrogens with zero attached hydrogens (tertiary/aromatic N) is 2. The molecular formula is C22H21F3N2O3. The molecule has 0 N–H and O–H groups in total. The monoisotopic (exact) mass is 418 g/mol. The van der Waals surface area contributed by atoms with E-state index in [9.17, 15) is 22.8 Å². The molecule has 1 amide bonds. The number of rotatable bonds is 5. The Balaban J connectivity index is 1.92. The van der Waals surface area contributed by atoms with E-state index in [0.29, 0.717) is 16.8 Å². The van der Waals surface area contributed by atoms with Crippen molar-refractivity contribution in [2.75, 3.05) is 4.90 Å². The van der Waals surface area contributed by atoms with Crippen molar-refractivity contribution in [3.05, 3.63) is 64.7 Å². The van der Waals surface area contributed by atoms with Gasteiger partial charge in [0.2, 0.25) is 0 Å². The molecule has 3 rings (SSSR count). The first-order valence-corrected chi connectivity index (χ1v) is 9.43. The molecule has 30 heavy (non-hydrogen) atoms. The van der Waals surface area contributed by atoms with Gasteiger partial charge in [0, 0.05) is 5.56 Å². The van der Waals surface area contributed by atoms with Crippen molar-refractivity contribution in [1.82, 2.24) is 0 Å². The lowest BCUT2D eigenvalue weighted by Gasteiger charge is -2.18. The van der Waals surface area contributed by atoms with Gasteiger partial charge in [-0.1, -0.05) is 42.8 Å². The van der Waals surface area contributed by atoms with Crippen LogP contribution in [-0.2, 0) is 27.1 Å². The number of benzene rings is 2. The van der Waals surface area contributed by atoms with E-state index in [0.717, 1.165) is 17.7 Å². The number of amides is 1. The normalized spacial score (nSPS) is 15.1. The molecular weight excluding hydrogens is 397 g/mol. The number of halogens is 3. The van der Waals surface area contributed by atoms with E-state index in [2.05, 4.69) is 5.16 Å². The van der Waals surface area contributed by atoms with E-state index in [1.54, 1.807) is 18.2 Å². The highest BCUT2D eigenvalue weighted by Gasteiger charge is 2.36. The van der Waals surface area contributed by atoms with E-state index >= 15 is 0 Å². The minimum Gasteiger partial charge on any atom is -0.317 e. The fourth-order valence-corrected chi connectivity index (χ4v) is 3.17. The Hall–Kier alpha value is -3.16. The molecule has 0 radical (unpaired) electrons. The van der Waals surface area contributed by atoms with Gasteiger partial charge >= 0.3 is 12.1 Å². The average molecular weight is 418 g/mol. The van der Waals surface area contributed by atoms with Gasteiger partial charge < -0.3 is 9.74 Å². The molecule has 8 heteroatoms. The smallest absolute Gasteiger partial charge is 0.317 e. The number of aryl methyl sites for hydroxylation is 1. The van der Waals surface area contributed by atoms with Crippen LogP contribution < -0.4 is 4.90 Å². The lowest BCUT2D eigenvalue weighted by atomic mass is 10.1. The maximum absolute atomic E-state index is 13.0. The van der Waals surface area contributed by atoms with Crippen LogP contribution in [0, 0.1) is 12.8 Å². The molecule has 0 fully saturated rings. The van der Waals surface area contributed by atoms with Crippen molar-refractivity contribution in [3.8, 4) is 0 Å². The Morgan fingerprint density at radius 1 is 1.17 bits per heavy atom. The van der Waals surface area contributed by atoms with Crippen LogP contribution in [0.4, 0.5) is 18.9 Å². The Labute approximate surface area is 172 Å². The third-order valence-electron chi connectivity index (χ3n) is 4.55. The van der Waals surface area contributed by atoms with Crippen molar-refractivity contribution >= 4 is 23.3 Å². The van der Waals surface area contributed by atoms with Gasteiger partial charge in [-0.2, -0.15) is 13.2 Å². The molecule has 0 bridgehead atoms. The van der Waals surface area contributed by atoms with Gasteiger partial charge in [-0.3, -0.25) is 4.79 Å². The van der Waals surface area contributed by atoms with Gasteiger partial charge in [0.25, 0.3) is 5.91 Å². The van der Waals surface area contributed by atoms with Crippen LogP contribution in [0.2, 0.25) is 0 Å². The first-order chi connectivity index (χ1) is 14.1. The Kier molecular flexibility index (Phi) is 5.96. The standard InChI is InChI=1S/C22H21F3N2O3/c1-13(2)9-19(28)30-26-20-17-10-14(3)7-8-18(17)27(21(20)29)12-15-5-4-6-16(11-15)22(23,24)25/h4-8,10-11,13H,9,12H2,1-3H3/b26-20+. The quantitative estimate of drug-likeness (QED) is 0.515. The van der Waals surface area contributed by atoms with E-state index in [-0.39, 0.29) is 24.6 Å². The number of fused-ring (bicyclic) bond motifs is 1. The summed E-state index contributed by atoms with van der Waals surface area (Å²) in [5.74, 6) is -1.02. The van der Waals surface area contributed by atoms with Crippen LogP contribution in [0.15, 0.2) is 47.6 Å². The molecule has 0 aromatic heterocycles. The molecule has 0 spiro atoms. The summed E-state index contributed by atoms with van der Waals surface area (Å²) in [5, 5.41) is 3.78. The maximum Gasteiger partial charge on any atom is 0.416 e. The number of alkyl halides is 3. The summed E-state index contributed by atoms with van der Waals surface area (Å²) in [5.41, 5.74) is 1.34. The number of carbonyl (C=O) groups is 2. The number of oxime groups is 1. The zero-order chi connectivity index (χ0) is 22.1. The summed E-state index contributed by atoms with van der Waals surface area (Å²) in [4.78, 5) is 31.1. The number of hydrogen-bond donors (Lipinski definition) is 0. The fraction of sp³-hybridized carbons (Fsp3) is 0.318. The summed E-state index contributed by atoms with van der Waals surface area (Å²) in [6, 6.07) is 10.0.